The maximum Gasteiger partial charge on any atom is 0.308 e. The third-order valence-corrected chi connectivity index (χ3v) is 3.33. The Morgan fingerprint density at radius 2 is 1.83 bits per heavy atom. The molecule has 0 aliphatic carbocycles. The van der Waals surface area contributed by atoms with Gasteiger partial charge in [0.05, 0.1) is 5.92 Å². The number of likely N-dealkylation sites (tertiary alicyclic amines) is 1. The molecule has 1 aromatic rings. The molecule has 1 aromatic carbocycles. The molecule has 0 unspecified atom stereocenters. The van der Waals surface area contributed by atoms with Gasteiger partial charge in [-0.1, -0.05) is 6.92 Å². The Kier molecular flexibility index (Phi) is 3.23. The minimum absolute atomic E-state index is 0.0384. The molecule has 2 rings (SSSR count). The number of phenols is 1. The first-order chi connectivity index (χ1) is 8.49. The summed E-state index contributed by atoms with van der Waals surface area (Å²) in [6, 6.07) is 5.97. The number of phenolic OH excluding ortho intramolecular Hbond substituents is 1. The molecule has 1 heterocycles. The first kappa shape index (κ1) is 12.4. The SMILES string of the molecule is C[C@@H]1CN(C(=O)c2ccc(O)cc2)C[C@H]1C(=O)O. The molecule has 1 aliphatic rings. The average Bonchev–Trinajstić information content (AvgIpc) is 2.71. The van der Waals surface area contributed by atoms with E-state index in [-0.39, 0.29) is 24.1 Å². The molecule has 0 aromatic heterocycles. The van der Waals surface area contributed by atoms with E-state index in [4.69, 9.17) is 10.2 Å². The lowest BCUT2D eigenvalue weighted by Crippen LogP contribution is -2.29. The maximum absolute atomic E-state index is 12.1. The third kappa shape index (κ3) is 2.30. The molecule has 5 nitrogen and oxygen atoms in total. The van der Waals surface area contributed by atoms with Crippen LogP contribution >= 0.6 is 0 Å². The predicted molar refractivity (Wildman–Crippen MR) is 64.3 cm³/mol. The Hall–Kier alpha value is -2.04. The molecule has 1 fully saturated rings. The number of carboxylic acid groups (broad SMARTS) is 1. The van der Waals surface area contributed by atoms with Crippen LogP contribution in [0.25, 0.3) is 0 Å². The number of hydrogen-bond donors (Lipinski definition) is 2. The summed E-state index contributed by atoms with van der Waals surface area (Å²) in [6.45, 7) is 2.54. The summed E-state index contributed by atoms with van der Waals surface area (Å²) >= 11 is 0. The molecule has 0 spiro atoms. The van der Waals surface area contributed by atoms with E-state index in [1.165, 1.54) is 24.3 Å². The molecule has 5 heteroatoms. The van der Waals surface area contributed by atoms with E-state index < -0.39 is 11.9 Å². The Morgan fingerprint density at radius 1 is 1.22 bits per heavy atom. The second-order valence-corrected chi connectivity index (χ2v) is 4.68. The summed E-state index contributed by atoms with van der Waals surface area (Å²) in [6.07, 6.45) is 0. The number of amides is 1. The number of nitrogens with zero attached hydrogens (tertiary/aromatic N) is 1. The Bertz CT molecular complexity index is 468. The van der Waals surface area contributed by atoms with Gasteiger partial charge < -0.3 is 15.1 Å². The van der Waals surface area contributed by atoms with Crippen LogP contribution in [0.1, 0.15) is 17.3 Å². The van der Waals surface area contributed by atoms with Crippen molar-refractivity contribution in [2.24, 2.45) is 11.8 Å². The van der Waals surface area contributed by atoms with Crippen LogP contribution in [0.15, 0.2) is 24.3 Å². The second-order valence-electron chi connectivity index (χ2n) is 4.68. The monoisotopic (exact) mass is 249 g/mol. The van der Waals surface area contributed by atoms with E-state index in [0.29, 0.717) is 12.1 Å². The molecule has 0 radical (unpaired) electrons. The number of aliphatic carboxylic acids is 1. The molecule has 18 heavy (non-hydrogen) atoms. The molecule has 1 amide bonds. The Labute approximate surface area is 105 Å². The molecule has 2 N–H and O–H groups in total. The van der Waals surface area contributed by atoms with Gasteiger partial charge in [0.2, 0.25) is 0 Å². The summed E-state index contributed by atoms with van der Waals surface area (Å²) in [5.74, 6) is -1.48. The first-order valence-corrected chi connectivity index (χ1v) is 5.80. The van der Waals surface area contributed by atoms with Crippen LogP contribution in [0.2, 0.25) is 0 Å². The van der Waals surface area contributed by atoms with Crippen LogP contribution in [-0.4, -0.2) is 40.1 Å². The van der Waals surface area contributed by atoms with Crippen LogP contribution in [-0.2, 0) is 4.79 Å². The molecule has 1 saturated heterocycles. The summed E-state index contributed by atoms with van der Waals surface area (Å²) < 4.78 is 0. The van der Waals surface area contributed by atoms with Crippen molar-refractivity contribution >= 4 is 11.9 Å². The molecule has 0 bridgehead atoms. The van der Waals surface area contributed by atoms with Crippen molar-refractivity contribution in [3.05, 3.63) is 29.8 Å². The summed E-state index contributed by atoms with van der Waals surface area (Å²) in [5, 5.41) is 18.2. The highest BCUT2D eigenvalue weighted by molar-refractivity contribution is 5.95. The topological polar surface area (TPSA) is 77.8 Å². The van der Waals surface area contributed by atoms with Gasteiger partial charge in [0, 0.05) is 18.7 Å². The summed E-state index contributed by atoms with van der Waals surface area (Å²) in [4.78, 5) is 24.7. The lowest BCUT2D eigenvalue weighted by Gasteiger charge is -2.15. The van der Waals surface area contributed by atoms with Gasteiger partial charge in [-0.3, -0.25) is 9.59 Å². The highest BCUT2D eigenvalue weighted by atomic mass is 16.4. The van der Waals surface area contributed by atoms with E-state index in [2.05, 4.69) is 0 Å². The fraction of sp³-hybridized carbons (Fsp3) is 0.385. The van der Waals surface area contributed by atoms with E-state index in [0.717, 1.165) is 0 Å². The highest BCUT2D eigenvalue weighted by Gasteiger charge is 2.37. The van der Waals surface area contributed by atoms with Crippen LogP contribution in [0.5, 0.6) is 5.75 Å². The third-order valence-electron chi connectivity index (χ3n) is 3.33. The minimum atomic E-state index is -0.858. The lowest BCUT2D eigenvalue weighted by molar-refractivity contribution is -0.142. The van der Waals surface area contributed by atoms with Crippen LogP contribution in [0.3, 0.4) is 0 Å². The number of aromatic hydroxyl groups is 1. The molecule has 1 aliphatic heterocycles. The Balaban J connectivity index is 2.12. The van der Waals surface area contributed by atoms with E-state index in [1.807, 2.05) is 6.92 Å². The number of rotatable bonds is 2. The average molecular weight is 249 g/mol. The normalized spacial score (nSPS) is 23.1. The van der Waals surface area contributed by atoms with Crippen molar-refractivity contribution in [2.75, 3.05) is 13.1 Å². The summed E-state index contributed by atoms with van der Waals surface area (Å²) in [7, 11) is 0. The van der Waals surface area contributed by atoms with Crippen LogP contribution < -0.4 is 0 Å². The van der Waals surface area contributed by atoms with E-state index in [9.17, 15) is 9.59 Å². The number of hydrogen-bond acceptors (Lipinski definition) is 3. The molecule has 96 valence electrons. The van der Waals surface area contributed by atoms with E-state index >= 15 is 0 Å². The zero-order valence-electron chi connectivity index (χ0n) is 10.0. The maximum atomic E-state index is 12.1. The highest BCUT2D eigenvalue weighted by Crippen LogP contribution is 2.25. The fourth-order valence-electron chi connectivity index (χ4n) is 2.24. The van der Waals surface area contributed by atoms with Gasteiger partial charge >= 0.3 is 5.97 Å². The van der Waals surface area contributed by atoms with Gasteiger partial charge in [-0.05, 0) is 30.2 Å². The predicted octanol–water partition coefficient (Wildman–Crippen LogP) is 1.18. The van der Waals surface area contributed by atoms with Crippen molar-refractivity contribution in [1.82, 2.24) is 4.90 Å². The quantitative estimate of drug-likeness (QED) is 0.825. The van der Waals surface area contributed by atoms with Gasteiger partial charge in [0.15, 0.2) is 0 Å². The van der Waals surface area contributed by atoms with Crippen molar-refractivity contribution in [2.45, 2.75) is 6.92 Å². The number of carboxylic acids is 1. The van der Waals surface area contributed by atoms with Crippen LogP contribution in [0.4, 0.5) is 0 Å². The number of benzene rings is 1. The van der Waals surface area contributed by atoms with Crippen molar-refractivity contribution in [1.29, 1.82) is 0 Å². The molecular weight excluding hydrogens is 234 g/mol. The summed E-state index contributed by atoms with van der Waals surface area (Å²) in [5.41, 5.74) is 0.464. The minimum Gasteiger partial charge on any atom is -0.508 e. The number of carbonyl (C=O) groups excluding carboxylic acids is 1. The number of carbonyl (C=O) groups is 2. The van der Waals surface area contributed by atoms with Crippen LogP contribution in [0, 0.1) is 11.8 Å². The fourth-order valence-corrected chi connectivity index (χ4v) is 2.24. The molecule has 0 saturated carbocycles. The van der Waals surface area contributed by atoms with Gasteiger partial charge in [-0.15, -0.1) is 0 Å². The zero-order chi connectivity index (χ0) is 13.3. The van der Waals surface area contributed by atoms with Gasteiger partial charge in [-0.25, -0.2) is 0 Å². The standard InChI is InChI=1S/C13H15NO4/c1-8-6-14(7-11(8)13(17)18)12(16)9-2-4-10(15)5-3-9/h2-5,8,11,15H,6-7H2,1H3,(H,17,18)/t8-,11-/m1/s1. The van der Waals surface area contributed by atoms with Crippen molar-refractivity contribution in [3.8, 4) is 5.75 Å². The zero-order valence-corrected chi connectivity index (χ0v) is 10.0. The lowest BCUT2D eigenvalue weighted by atomic mass is 9.99. The largest absolute Gasteiger partial charge is 0.508 e. The second kappa shape index (κ2) is 4.68. The van der Waals surface area contributed by atoms with E-state index in [1.54, 1.807) is 4.90 Å². The Morgan fingerprint density at radius 3 is 2.33 bits per heavy atom. The van der Waals surface area contributed by atoms with Crippen molar-refractivity contribution in [3.63, 3.8) is 0 Å². The van der Waals surface area contributed by atoms with Crippen molar-refractivity contribution < 1.29 is 19.8 Å². The van der Waals surface area contributed by atoms with Gasteiger partial charge in [-0.2, -0.15) is 0 Å². The van der Waals surface area contributed by atoms with Gasteiger partial charge in [0.1, 0.15) is 5.75 Å². The molecular formula is C13H15NO4. The first-order valence-electron chi connectivity index (χ1n) is 5.80. The van der Waals surface area contributed by atoms with Gasteiger partial charge in [0.25, 0.3) is 5.91 Å². The molecule has 2 atom stereocenters. The smallest absolute Gasteiger partial charge is 0.308 e.